The fourth-order valence-corrected chi connectivity index (χ4v) is 5.74. The summed E-state index contributed by atoms with van der Waals surface area (Å²) in [6.07, 6.45) is 3.72. The number of carbonyl (C=O) groups excluding carboxylic acids is 2. The molecule has 0 bridgehead atoms. The van der Waals surface area contributed by atoms with E-state index in [1.807, 2.05) is 4.57 Å². The van der Waals surface area contributed by atoms with Gasteiger partial charge < -0.3 is 28.1 Å². The number of nitrogens with zero attached hydrogens (tertiary/aromatic N) is 5. The molecule has 236 valence electrons. The van der Waals surface area contributed by atoms with Gasteiger partial charge in [-0.1, -0.05) is 17.7 Å². The first-order valence-electron chi connectivity index (χ1n) is 14.5. The van der Waals surface area contributed by atoms with Crippen molar-refractivity contribution in [1.82, 2.24) is 24.4 Å². The minimum Gasteiger partial charge on any atom is -0.470 e. The summed E-state index contributed by atoms with van der Waals surface area (Å²) in [7, 11) is 1.33. The summed E-state index contributed by atoms with van der Waals surface area (Å²) in [4.78, 5) is 40.2. The van der Waals surface area contributed by atoms with E-state index in [2.05, 4.69) is 9.97 Å². The van der Waals surface area contributed by atoms with E-state index in [9.17, 15) is 18.4 Å². The van der Waals surface area contributed by atoms with Crippen molar-refractivity contribution in [3.05, 3.63) is 88.3 Å². The molecule has 3 aromatic heterocycles. The molecule has 2 aliphatic rings. The van der Waals surface area contributed by atoms with Crippen LogP contribution in [0.5, 0.6) is 5.88 Å². The number of ether oxygens (including phenoxy) is 3. The Morgan fingerprint density at radius 1 is 1.17 bits per heavy atom. The summed E-state index contributed by atoms with van der Waals surface area (Å²) >= 11 is 6.12. The first kappa shape index (κ1) is 29.8. The number of amides is 1. The standard InChI is InChI=1S/C32H26ClF2N5O6/c1-43-32(42)18-3-5-24-25(10-18)40(14-20-7-9-44-20)27(37-24)15-39-8-6-17(11-28(39)41)30-36-13-23(34)31(38-30)45-16-19-2-4-22(33)21-12-26(35)46-29(19)21/h2-5,10-13,20H,6-9,14-16H2,1H3. The normalized spacial score (nSPS) is 16.5. The van der Waals surface area contributed by atoms with Crippen LogP contribution in [0.1, 0.15) is 40.4 Å². The van der Waals surface area contributed by atoms with Crippen LogP contribution in [0.4, 0.5) is 8.78 Å². The van der Waals surface area contributed by atoms with Crippen LogP contribution in [0.15, 0.2) is 53.1 Å². The molecular formula is C32H26ClF2N5O6. The fraction of sp³-hybridized carbons (Fsp3) is 0.281. The van der Waals surface area contributed by atoms with Crippen LogP contribution in [0.2, 0.25) is 5.02 Å². The molecule has 1 atom stereocenters. The van der Waals surface area contributed by atoms with E-state index in [1.54, 1.807) is 35.2 Å². The topological polar surface area (TPSA) is 122 Å². The number of benzene rings is 2. The molecule has 0 aliphatic carbocycles. The Morgan fingerprint density at radius 3 is 2.78 bits per heavy atom. The number of esters is 1. The van der Waals surface area contributed by atoms with Gasteiger partial charge in [0.1, 0.15) is 18.0 Å². The van der Waals surface area contributed by atoms with E-state index in [-0.39, 0.29) is 42.5 Å². The molecule has 2 aromatic carbocycles. The monoisotopic (exact) mass is 649 g/mol. The molecule has 11 nitrogen and oxygen atoms in total. The molecule has 0 radical (unpaired) electrons. The summed E-state index contributed by atoms with van der Waals surface area (Å²) in [5.74, 6) is -1.05. The molecule has 0 saturated carbocycles. The largest absolute Gasteiger partial charge is 0.470 e. The highest BCUT2D eigenvalue weighted by molar-refractivity contribution is 6.35. The predicted molar refractivity (Wildman–Crippen MR) is 161 cm³/mol. The Hall–Kier alpha value is -4.88. The van der Waals surface area contributed by atoms with Gasteiger partial charge in [0.05, 0.1) is 54.1 Å². The summed E-state index contributed by atoms with van der Waals surface area (Å²) in [6, 6.07) is 8.67. The van der Waals surface area contributed by atoms with Crippen molar-refractivity contribution in [1.29, 1.82) is 0 Å². The lowest BCUT2D eigenvalue weighted by molar-refractivity contribution is -0.127. The van der Waals surface area contributed by atoms with E-state index in [0.29, 0.717) is 64.6 Å². The lowest BCUT2D eigenvalue weighted by Crippen LogP contribution is -2.36. The number of furan rings is 1. The molecule has 2 aliphatic heterocycles. The van der Waals surface area contributed by atoms with Crippen LogP contribution in [-0.2, 0) is 34.0 Å². The number of rotatable bonds is 9. The zero-order chi connectivity index (χ0) is 31.9. The lowest BCUT2D eigenvalue weighted by Gasteiger charge is -2.29. The highest BCUT2D eigenvalue weighted by atomic mass is 35.5. The number of hydrogen-bond acceptors (Lipinski definition) is 9. The molecule has 46 heavy (non-hydrogen) atoms. The van der Waals surface area contributed by atoms with Gasteiger partial charge in [-0.15, -0.1) is 0 Å². The van der Waals surface area contributed by atoms with Crippen molar-refractivity contribution in [3.8, 4) is 5.88 Å². The van der Waals surface area contributed by atoms with Crippen LogP contribution in [0.3, 0.4) is 0 Å². The van der Waals surface area contributed by atoms with Crippen LogP contribution in [-0.4, -0.2) is 62.7 Å². The molecule has 1 fully saturated rings. The van der Waals surface area contributed by atoms with Crippen molar-refractivity contribution >= 4 is 51.1 Å². The van der Waals surface area contributed by atoms with Gasteiger partial charge in [-0.3, -0.25) is 4.79 Å². The zero-order valence-corrected chi connectivity index (χ0v) is 25.2. The van der Waals surface area contributed by atoms with Gasteiger partial charge in [0.15, 0.2) is 5.82 Å². The molecule has 1 unspecified atom stereocenters. The Balaban J connectivity index is 1.10. The number of methoxy groups -OCH3 is 1. The van der Waals surface area contributed by atoms with Crippen molar-refractivity contribution in [2.75, 3.05) is 20.3 Å². The Bertz CT molecular complexity index is 2040. The van der Waals surface area contributed by atoms with Crippen LogP contribution >= 0.6 is 11.6 Å². The second kappa shape index (κ2) is 12.1. The van der Waals surface area contributed by atoms with Gasteiger partial charge in [-0.25, -0.2) is 14.8 Å². The van der Waals surface area contributed by atoms with Gasteiger partial charge >= 0.3 is 5.97 Å². The van der Waals surface area contributed by atoms with Crippen LogP contribution in [0.25, 0.3) is 27.6 Å². The number of carbonyl (C=O) groups is 2. The van der Waals surface area contributed by atoms with Gasteiger partial charge in [0.25, 0.3) is 11.9 Å². The van der Waals surface area contributed by atoms with E-state index >= 15 is 0 Å². The molecule has 0 spiro atoms. The third-order valence-corrected chi connectivity index (χ3v) is 8.40. The summed E-state index contributed by atoms with van der Waals surface area (Å²) in [6.45, 7) is 1.60. The van der Waals surface area contributed by atoms with Gasteiger partial charge in [-0.05, 0) is 37.1 Å². The third-order valence-electron chi connectivity index (χ3n) is 8.07. The van der Waals surface area contributed by atoms with E-state index < -0.39 is 17.8 Å². The molecule has 1 saturated heterocycles. The average molecular weight is 650 g/mol. The van der Waals surface area contributed by atoms with Gasteiger partial charge in [0.2, 0.25) is 11.7 Å². The number of halogens is 3. The molecule has 14 heteroatoms. The maximum atomic E-state index is 14.6. The van der Waals surface area contributed by atoms with Crippen LogP contribution < -0.4 is 4.74 Å². The molecule has 1 amide bonds. The lowest BCUT2D eigenvalue weighted by atomic mass is 10.1. The summed E-state index contributed by atoms with van der Waals surface area (Å²) in [5.41, 5.74) is 2.99. The predicted octanol–water partition coefficient (Wildman–Crippen LogP) is 5.47. The Morgan fingerprint density at radius 2 is 2.02 bits per heavy atom. The first-order chi connectivity index (χ1) is 22.3. The average Bonchev–Trinajstić information content (AvgIpc) is 3.59. The zero-order valence-electron chi connectivity index (χ0n) is 24.5. The maximum Gasteiger partial charge on any atom is 0.337 e. The van der Waals surface area contributed by atoms with Crippen molar-refractivity contribution in [2.45, 2.75) is 38.6 Å². The Kier molecular flexibility index (Phi) is 7.87. The second-order valence-electron chi connectivity index (χ2n) is 10.9. The van der Waals surface area contributed by atoms with Crippen molar-refractivity contribution in [3.63, 3.8) is 0 Å². The number of fused-ring (bicyclic) bond motifs is 2. The fourth-order valence-electron chi connectivity index (χ4n) is 5.54. The van der Waals surface area contributed by atoms with Gasteiger partial charge in [0, 0.05) is 41.8 Å². The maximum absolute atomic E-state index is 14.6. The third kappa shape index (κ3) is 5.67. The quantitative estimate of drug-likeness (QED) is 0.191. The molecule has 0 N–H and O–H groups in total. The SMILES string of the molecule is COC(=O)c1ccc2nc(CN3CCC(c4ncc(F)c(OCc5ccc(Cl)c6cc(F)oc56)n4)=CC3=O)n(CC3CCO3)c2c1. The van der Waals surface area contributed by atoms with Crippen LogP contribution in [0, 0.1) is 11.8 Å². The number of imidazole rings is 1. The van der Waals surface area contributed by atoms with E-state index in [4.69, 9.17) is 35.2 Å². The second-order valence-corrected chi connectivity index (χ2v) is 11.3. The van der Waals surface area contributed by atoms with E-state index in [0.717, 1.165) is 18.1 Å². The van der Waals surface area contributed by atoms with Crippen molar-refractivity contribution in [2.24, 2.45) is 0 Å². The molecule has 5 heterocycles. The number of hydrogen-bond donors (Lipinski definition) is 0. The van der Waals surface area contributed by atoms with E-state index in [1.165, 1.54) is 19.3 Å². The molecular weight excluding hydrogens is 624 g/mol. The summed E-state index contributed by atoms with van der Waals surface area (Å²) in [5, 5.41) is 0.680. The van der Waals surface area contributed by atoms with Gasteiger partial charge in [-0.2, -0.15) is 13.8 Å². The number of aromatic nitrogens is 4. The molecule has 7 rings (SSSR count). The minimum absolute atomic E-state index is 0.0134. The summed E-state index contributed by atoms with van der Waals surface area (Å²) < 4.78 is 51.6. The minimum atomic E-state index is -0.805. The smallest absolute Gasteiger partial charge is 0.337 e. The highest BCUT2D eigenvalue weighted by Crippen LogP contribution is 2.31. The highest BCUT2D eigenvalue weighted by Gasteiger charge is 2.27. The first-order valence-corrected chi connectivity index (χ1v) is 14.9. The van der Waals surface area contributed by atoms with Crippen molar-refractivity contribution < 1.29 is 37.0 Å². The molecule has 5 aromatic rings. The Labute approximate surface area is 265 Å².